The molecule has 0 spiro atoms. The van der Waals surface area contributed by atoms with Crippen LogP contribution in [0.4, 0.5) is 0 Å². The van der Waals surface area contributed by atoms with Crippen molar-refractivity contribution < 1.29 is 25.1 Å². The average Bonchev–Trinajstić information content (AvgIpc) is 2.62. The van der Waals surface area contributed by atoms with E-state index >= 15 is 0 Å². The molecular weight excluding hydrogens is 186 g/mol. The van der Waals surface area contributed by atoms with Gasteiger partial charge in [-0.1, -0.05) is 0 Å². The van der Waals surface area contributed by atoms with E-state index in [4.69, 9.17) is 9.47 Å². The SMILES string of the molecule is [NH3+][C@@H](C(=O)[O-])c1ccc2c(c1)OCO2. The molecule has 0 radical (unpaired) electrons. The van der Waals surface area contributed by atoms with Crippen molar-refractivity contribution in [2.75, 3.05) is 6.79 Å². The summed E-state index contributed by atoms with van der Waals surface area (Å²) in [5, 5.41) is 10.6. The smallest absolute Gasteiger partial charge is 0.231 e. The molecule has 0 fully saturated rings. The Morgan fingerprint density at radius 1 is 1.43 bits per heavy atom. The van der Waals surface area contributed by atoms with E-state index in [1.165, 1.54) is 0 Å². The van der Waals surface area contributed by atoms with E-state index in [2.05, 4.69) is 5.73 Å². The van der Waals surface area contributed by atoms with E-state index in [1.54, 1.807) is 18.2 Å². The first-order chi connectivity index (χ1) is 6.68. The molecule has 1 atom stereocenters. The van der Waals surface area contributed by atoms with Crippen molar-refractivity contribution in [3.8, 4) is 11.5 Å². The van der Waals surface area contributed by atoms with Crippen LogP contribution in [0.3, 0.4) is 0 Å². The largest absolute Gasteiger partial charge is 0.544 e. The van der Waals surface area contributed by atoms with Gasteiger partial charge in [0.2, 0.25) is 6.79 Å². The summed E-state index contributed by atoms with van der Waals surface area (Å²) in [5.41, 5.74) is 4.03. The van der Waals surface area contributed by atoms with Gasteiger partial charge in [-0.25, -0.2) is 0 Å². The first-order valence-electron chi connectivity index (χ1n) is 4.12. The van der Waals surface area contributed by atoms with Gasteiger partial charge in [0.15, 0.2) is 17.5 Å². The Hall–Kier alpha value is -1.75. The van der Waals surface area contributed by atoms with Crippen molar-refractivity contribution in [3.63, 3.8) is 0 Å². The van der Waals surface area contributed by atoms with Gasteiger partial charge in [0.05, 0.1) is 0 Å². The third-order valence-electron chi connectivity index (χ3n) is 2.08. The fourth-order valence-electron chi connectivity index (χ4n) is 1.27. The second-order valence-electron chi connectivity index (χ2n) is 2.98. The molecule has 2 rings (SSSR count). The summed E-state index contributed by atoms with van der Waals surface area (Å²) >= 11 is 0. The Labute approximate surface area is 80.0 Å². The van der Waals surface area contributed by atoms with E-state index in [9.17, 15) is 9.90 Å². The number of fused-ring (bicyclic) bond motifs is 1. The van der Waals surface area contributed by atoms with Crippen molar-refractivity contribution in [3.05, 3.63) is 23.8 Å². The monoisotopic (exact) mass is 195 g/mol. The minimum absolute atomic E-state index is 0.173. The van der Waals surface area contributed by atoms with Gasteiger partial charge in [0.25, 0.3) is 0 Å². The van der Waals surface area contributed by atoms with Crippen molar-refractivity contribution in [2.45, 2.75) is 6.04 Å². The quantitative estimate of drug-likeness (QED) is 0.618. The minimum Gasteiger partial charge on any atom is -0.544 e. The molecule has 1 aliphatic heterocycles. The Balaban J connectivity index is 2.33. The van der Waals surface area contributed by atoms with Crippen LogP contribution in [0.5, 0.6) is 11.5 Å². The Morgan fingerprint density at radius 2 is 2.14 bits per heavy atom. The van der Waals surface area contributed by atoms with Gasteiger partial charge in [-0.05, 0) is 18.2 Å². The topological polar surface area (TPSA) is 86.2 Å². The number of aliphatic carboxylic acids is 1. The number of hydrogen-bond donors (Lipinski definition) is 1. The number of carbonyl (C=O) groups is 1. The molecule has 1 aliphatic rings. The molecule has 0 aliphatic carbocycles. The Bertz CT molecular complexity index is 377. The van der Waals surface area contributed by atoms with E-state index < -0.39 is 12.0 Å². The average molecular weight is 195 g/mol. The lowest BCUT2D eigenvalue weighted by atomic mass is 10.1. The molecule has 14 heavy (non-hydrogen) atoms. The van der Waals surface area contributed by atoms with Crippen LogP contribution >= 0.6 is 0 Å². The Kier molecular flexibility index (Phi) is 2.01. The maximum atomic E-state index is 10.6. The molecule has 0 saturated carbocycles. The second-order valence-corrected chi connectivity index (χ2v) is 2.98. The molecule has 5 heteroatoms. The predicted molar refractivity (Wildman–Crippen MR) is 43.2 cm³/mol. The molecule has 1 aromatic carbocycles. The summed E-state index contributed by atoms with van der Waals surface area (Å²) in [6.45, 7) is 0.173. The fraction of sp³-hybridized carbons (Fsp3) is 0.222. The van der Waals surface area contributed by atoms with Crippen LogP contribution < -0.4 is 20.3 Å². The molecule has 0 saturated heterocycles. The molecule has 0 bridgehead atoms. The van der Waals surface area contributed by atoms with Crippen LogP contribution in [-0.2, 0) is 4.79 Å². The number of quaternary nitrogens is 1. The zero-order valence-corrected chi connectivity index (χ0v) is 7.36. The zero-order valence-electron chi connectivity index (χ0n) is 7.36. The molecule has 1 heterocycles. The van der Waals surface area contributed by atoms with Crippen molar-refractivity contribution >= 4 is 5.97 Å². The number of carbonyl (C=O) groups excluding carboxylic acids is 1. The highest BCUT2D eigenvalue weighted by molar-refractivity contribution is 5.72. The number of hydrogen-bond acceptors (Lipinski definition) is 4. The van der Waals surface area contributed by atoms with Crippen LogP contribution in [0.1, 0.15) is 11.6 Å². The number of rotatable bonds is 2. The van der Waals surface area contributed by atoms with Crippen LogP contribution in [0, 0.1) is 0 Å². The normalized spacial score (nSPS) is 15.2. The van der Waals surface area contributed by atoms with Gasteiger partial charge in [0.1, 0.15) is 5.97 Å². The van der Waals surface area contributed by atoms with E-state index in [0.717, 1.165) is 0 Å². The maximum Gasteiger partial charge on any atom is 0.231 e. The highest BCUT2D eigenvalue weighted by Crippen LogP contribution is 2.33. The van der Waals surface area contributed by atoms with E-state index in [1.807, 2.05) is 0 Å². The molecule has 0 amide bonds. The minimum atomic E-state index is -1.20. The molecule has 1 aromatic rings. The van der Waals surface area contributed by atoms with Crippen molar-refractivity contribution in [2.24, 2.45) is 0 Å². The first-order valence-corrected chi connectivity index (χ1v) is 4.12. The van der Waals surface area contributed by atoms with Crippen LogP contribution in [0.25, 0.3) is 0 Å². The molecular formula is C9H9NO4. The zero-order chi connectivity index (χ0) is 10.1. The third kappa shape index (κ3) is 1.38. The maximum absolute atomic E-state index is 10.6. The van der Waals surface area contributed by atoms with Crippen LogP contribution in [0.15, 0.2) is 18.2 Å². The standard InChI is InChI=1S/C9H9NO4/c10-8(9(11)12)5-1-2-6-7(3-5)14-4-13-6/h1-3,8H,4,10H2,(H,11,12)/t8-/m1/s1. The lowest BCUT2D eigenvalue weighted by Gasteiger charge is -2.09. The number of carboxylic acid groups (broad SMARTS) is 1. The molecule has 5 nitrogen and oxygen atoms in total. The van der Waals surface area contributed by atoms with Gasteiger partial charge in [0, 0.05) is 5.56 Å². The summed E-state index contributed by atoms with van der Waals surface area (Å²) in [5.74, 6) is -0.0273. The van der Waals surface area contributed by atoms with Gasteiger partial charge < -0.3 is 25.1 Å². The lowest BCUT2D eigenvalue weighted by Crippen LogP contribution is -2.60. The van der Waals surface area contributed by atoms with Gasteiger partial charge in [-0.3, -0.25) is 0 Å². The third-order valence-corrected chi connectivity index (χ3v) is 2.08. The summed E-state index contributed by atoms with van der Waals surface area (Å²) in [4.78, 5) is 10.6. The second kappa shape index (κ2) is 3.19. The van der Waals surface area contributed by atoms with Gasteiger partial charge in [-0.2, -0.15) is 0 Å². The fourth-order valence-corrected chi connectivity index (χ4v) is 1.27. The van der Waals surface area contributed by atoms with Crippen molar-refractivity contribution in [1.82, 2.24) is 0 Å². The molecule has 0 aromatic heterocycles. The summed E-state index contributed by atoms with van der Waals surface area (Å²) in [6.07, 6.45) is 0. The van der Waals surface area contributed by atoms with Crippen LogP contribution in [0.2, 0.25) is 0 Å². The lowest BCUT2D eigenvalue weighted by molar-refractivity contribution is -0.443. The molecule has 74 valence electrons. The van der Waals surface area contributed by atoms with Crippen LogP contribution in [-0.4, -0.2) is 12.8 Å². The highest BCUT2D eigenvalue weighted by atomic mass is 16.7. The van der Waals surface area contributed by atoms with E-state index in [-0.39, 0.29) is 6.79 Å². The van der Waals surface area contributed by atoms with Gasteiger partial charge in [-0.15, -0.1) is 0 Å². The predicted octanol–water partition coefficient (Wildman–Crippen LogP) is -1.55. The van der Waals surface area contributed by atoms with Crippen molar-refractivity contribution in [1.29, 1.82) is 0 Å². The molecule has 3 N–H and O–H groups in total. The first kappa shape index (κ1) is 8.83. The Morgan fingerprint density at radius 3 is 2.86 bits per heavy atom. The van der Waals surface area contributed by atoms with E-state index in [0.29, 0.717) is 17.1 Å². The molecule has 0 unspecified atom stereocenters. The number of carboxylic acids is 1. The summed E-state index contributed by atoms with van der Waals surface area (Å²) in [7, 11) is 0. The summed E-state index contributed by atoms with van der Waals surface area (Å²) in [6, 6.07) is 4.03. The summed E-state index contributed by atoms with van der Waals surface area (Å²) < 4.78 is 10.2. The van der Waals surface area contributed by atoms with Gasteiger partial charge >= 0.3 is 0 Å². The highest BCUT2D eigenvalue weighted by Gasteiger charge is 2.17. The number of ether oxygens (including phenoxy) is 2. The number of benzene rings is 1.